The molecule has 4 atom stereocenters. The summed E-state index contributed by atoms with van der Waals surface area (Å²) in [6.45, 7) is 2.82. The molecule has 1 aliphatic carbocycles. The molecule has 98 valence electrons. The maximum Gasteiger partial charge on any atom is 0.249 e. The van der Waals surface area contributed by atoms with Gasteiger partial charge in [0.25, 0.3) is 0 Å². The number of ether oxygens (including phenoxy) is 1. The van der Waals surface area contributed by atoms with Gasteiger partial charge in [-0.25, -0.2) is 0 Å². The number of carbonyl (C=O) groups excluding carboxylic acids is 1. The van der Waals surface area contributed by atoms with Crippen LogP contribution in [-0.2, 0) is 9.53 Å². The van der Waals surface area contributed by atoms with Crippen molar-refractivity contribution in [2.75, 3.05) is 6.61 Å². The molecule has 3 nitrogen and oxygen atoms in total. The van der Waals surface area contributed by atoms with Crippen LogP contribution in [0.25, 0.3) is 0 Å². The number of hydrogen-bond donors (Lipinski definition) is 1. The van der Waals surface area contributed by atoms with Gasteiger partial charge in [0.05, 0.1) is 0 Å². The van der Waals surface area contributed by atoms with Gasteiger partial charge in [0.1, 0.15) is 6.10 Å². The summed E-state index contributed by atoms with van der Waals surface area (Å²) in [5.74, 6) is 0.445. The minimum absolute atomic E-state index is 0.0892. The largest absolute Gasteiger partial charge is 0.368 e. The molecule has 1 aliphatic heterocycles. The van der Waals surface area contributed by atoms with E-state index in [0.717, 1.165) is 25.9 Å². The Morgan fingerprint density at radius 3 is 2.71 bits per heavy atom. The van der Waals surface area contributed by atoms with Crippen LogP contribution in [0.5, 0.6) is 0 Å². The molecule has 0 aromatic heterocycles. The lowest BCUT2D eigenvalue weighted by Gasteiger charge is -2.24. The van der Waals surface area contributed by atoms with Crippen LogP contribution in [-0.4, -0.2) is 29.5 Å². The lowest BCUT2D eigenvalue weighted by molar-refractivity contribution is -0.132. The van der Waals surface area contributed by atoms with Crippen molar-refractivity contribution in [3.8, 4) is 0 Å². The Hall–Kier alpha value is -0.0900. The maximum atomic E-state index is 12.1. The highest BCUT2D eigenvalue weighted by Gasteiger charge is 2.33. The number of amides is 1. The van der Waals surface area contributed by atoms with Gasteiger partial charge in [-0.1, -0.05) is 42.1 Å². The predicted octanol–water partition coefficient (Wildman–Crippen LogP) is 2.62. The molecule has 2 rings (SSSR count). The third-order valence-electron chi connectivity index (χ3n) is 3.91. The Bertz CT molecular complexity index is 272. The van der Waals surface area contributed by atoms with Gasteiger partial charge < -0.3 is 10.1 Å². The molecule has 1 N–H and O–H groups in total. The smallest absolute Gasteiger partial charge is 0.249 e. The monoisotopic (exact) mass is 303 g/mol. The second-order valence-electron chi connectivity index (χ2n) is 5.33. The SMILES string of the molecule is CC1CCOC1C(=O)NC1CCCCCC1Br. The molecule has 1 saturated carbocycles. The van der Waals surface area contributed by atoms with Gasteiger partial charge in [0.2, 0.25) is 5.91 Å². The second-order valence-corrected chi connectivity index (χ2v) is 6.50. The fraction of sp³-hybridized carbons (Fsp3) is 0.923. The molecule has 1 heterocycles. The molecule has 2 fully saturated rings. The van der Waals surface area contributed by atoms with Crippen molar-refractivity contribution in [2.24, 2.45) is 5.92 Å². The molecule has 2 aliphatic rings. The Kier molecular flexibility index (Phi) is 4.86. The van der Waals surface area contributed by atoms with Gasteiger partial charge in [0.15, 0.2) is 0 Å². The minimum atomic E-state index is -0.224. The van der Waals surface area contributed by atoms with E-state index in [1.165, 1.54) is 19.3 Å². The predicted molar refractivity (Wildman–Crippen MR) is 71.3 cm³/mol. The fourth-order valence-electron chi connectivity index (χ4n) is 2.72. The van der Waals surface area contributed by atoms with Crippen LogP contribution in [0.3, 0.4) is 0 Å². The summed E-state index contributed by atoms with van der Waals surface area (Å²) in [7, 11) is 0. The number of nitrogens with one attached hydrogen (secondary N) is 1. The van der Waals surface area contributed by atoms with Crippen LogP contribution in [0.15, 0.2) is 0 Å². The molecule has 1 saturated heterocycles. The van der Waals surface area contributed by atoms with Crippen molar-refractivity contribution in [3.05, 3.63) is 0 Å². The zero-order valence-electron chi connectivity index (χ0n) is 10.5. The van der Waals surface area contributed by atoms with E-state index in [1.54, 1.807) is 0 Å². The number of hydrogen-bond acceptors (Lipinski definition) is 2. The average molecular weight is 304 g/mol. The molecule has 0 spiro atoms. The summed E-state index contributed by atoms with van der Waals surface area (Å²) in [6.07, 6.45) is 6.78. The summed E-state index contributed by atoms with van der Waals surface area (Å²) in [5, 5.41) is 3.17. The Morgan fingerprint density at radius 1 is 1.24 bits per heavy atom. The van der Waals surface area contributed by atoms with E-state index in [0.29, 0.717) is 10.7 Å². The van der Waals surface area contributed by atoms with E-state index in [1.807, 2.05) is 0 Å². The summed E-state index contributed by atoms with van der Waals surface area (Å²) in [5.41, 5.74) is 0. The van der Waals surface area contributed by atoms with Crippen LogP contribution in [0.2, 0.25) is 0 Å². The normalized spacial score (nSPS) is 38.7. The first kappa shape index (κ1) is 13.3. The third kappa shape index (κ3) is 3.44. The summed E-state index contributed by atoms with van der Waals surface area (Å²) >= 11 is 3.70. The zero-order chi connectivity index (χ0) is 12.3. The van der Waals surface area contributed by atoms with E-state index < -0.39 is 0 Å². The Morgan fingerprint density at radius 2 is 2.00 bits per heavy atom. The fourth-order valence-corrected chi connectivity index (χ4v) is 3.44. The molecule has 0 bridgehead atoms. The van der Waals surface area contributed by atoms with E-state index in [4.69, 9.17) is 4.74 Å². The minimum Gasteiger partial charge on any atom is -0.368 e. The van der Waals surface area contributed by atoms with Crippen molar-refractivity contribution in [1.29, 1.82) is 0 Å². The van der Waals surface area contributed by atoms with Gasteiger partial charge in [-0.2, -0.15) is 0 Å². The van der Waals surface area contributed by atoms with Crippen molar-refractivity contribution in [2.45, 2.75) is 62.4 Å². The van der Waals surface area contributed by atoms with E-state index in [9.17, 15) is 4.79 Å². The van der Waals surface area contributed by atoms with Crippen molar-refractivity contribution < 1.29 is 9.53 Å². The lowest BCUT2D eigenvalue weighted by atomic mass is 10.0. The Balaban J connectivity index is 1.88. The summed E-state index contributed by atoms with van der Waals surface area (Å²) in [4.78, 5) is 12.5. The number of halogens is 1. The van der Waals surface area contributed by atoms with Gasteiger partial charge >= 0.3 is 0 Å². The second kappa shape index (κ2) is 6.19. The number of carbonyl (C=O) groups is 1. The summed E-state index contributed by atoms with van der Waals surface area (Å²) in [6, 6.07) is 0.279. The molecule has 4 heteroatoms. The maximum absolute atomic E-state index is 12.1. The number of alkyl halides is 1. The standard InChI is InChI=1S/C13H22BrNO2/c1-9-7-8-17-12(9)13(16)15-11-6-4-2-3-5-10(11)14/h9-12H,2-8H2,1H3,(H,15,16). The van der Waals surface area contributed by atoms with Gasteiger partial charge in [-0.3, -0.25) is 4.79 Å². The number of rotatable bonds is 2. The van der Waals surface area contributed by atoms with Crippen LogP contribution in [0.1, 0.15) is 45.4 Å². The summed E-state index contributed by atoms with van der Waals surface area (Å²) < 4.78 is 5.51. The van der Waals surface area contributed by atoms with Gasteiger partial charge in [-0.15, -0.1) is 0 Å². The van der Waals surface area contributed by atoms with Gasteiger partial charge in [0, 0.05) is 17.5 Å². The highest BCUT2D eigenvalue weighted by molar-refractivity contribution is 9.09. The van der Waals surface area contributed by atoms with Crippen molar-refractivity contribution >= 4 is 21.8 Å². The first-order valence-corrected chi connectivity index (χ1v) is 7.66. The van der Waals surface area contributed by atoms with Crippen LogP contribution in [0, 0.1) is 5.92 Å². The van der Waals surface area contributed by atoms with Crippen molar-refractivity contribution in [1.82, 2.24) is 5.32 Å². The van der Waals surface area contributed by atoms with Crippen LogP contribution < -0.4 is 5.32 Å². The molecule has 4 unspecified atom stereocenters. The van der Waals surface area contributed by atoms with Crippen LogP contribution in [0.4, 0.5) is 0 Å². The zero-order valence-corrected chi connectivity index (χ0v) is 12.0. The van der Waals surface area contributed by atoms with Crippen molar-refractivity contribution in [3.63, 3.8) is 0 Å². The van der Waals surface area contributed by atoms with E-state index in [-0.39, 0.29) is 18.1 Å². The molecule has 0 aromatic carbocycles. The van der Waals surface area contributed by atoms with Crippen LogP contribution >= 0.6 is 15.9 Å². The highest BCUT2D eigenvalue weighted by Crippen LogP contribution is 2.25. The molecule has 0 aromatic rings. The molecular formula is C13H22BrNO2. The average Bonchev–Trinajstić information content (AvgIpc) is 2.63. The lowest BCUT2D eigenvalue weighted by Crippen LogP contribution is -2.46. The quantitative estimate of drug-likeness (QED) is 0.629. The molecule has 1 amide bonds. The third-order valence-corrected chi connectivity index (χ3v) is 5.00. The van der Waals surface area contributed by atoms with E-state index in [2.05, 4.69) is 28.2 Å². The first-order valence-electron chi connectivity index (χ1n) is 6.74. The Labute approximate surface area is 112 Å². The van der Waals surface area contributed by atoms with E-state index >= 15 is 0 Å². The van der Waals surface area contributed by atoms with Gasteiger partial charge in [-0.05, 0) is 25.2 Å². The molecular weight excluding hydrogens is 282 g/mol. The first-order chi connectivity index (χ1) is 8.18. The molecule has 17 heavy (non-hydrogen) atoms. The highest BCUT2D eigenvalue weighted by atomic mass is 79.9. The topological polar surface area (TPSA) is 38.3 Å². The molecule has 0 radical (unpaired) electrons.